The van der Waals surface area contributed by atoms with Gasteiger partial charge in [-0.25, -0.2) is 0 Å². The van der Waals surface area contributed by atoms with Crippen molar-refractivity contribution >= 4 is 18.2 Å². The lowest BCUT2D eigenvalue weighted by Gasteiger charge is -2.51. The van der Waals surface area contributed by atoms with Gasteiger partial charge in [0.1, 0.15) is 36.3 Å². The van der Waals surface area contributed by atoms with Gasteiger partial charge in [-0.15, -0.1) is 0 Å². The van der Waals surface area contributed by atoms with Crippen molar-refractivity contribution in [1.82, 2.24) is 4.90 Å². The lowest BCUT2D eigenvalue weighted by molar-refractivity contribution is -0.346. The number of rotatable bonds is 14. The minimum absolute atomic E-state index is 0.0363. The molecule has 0 spiro atoms. The molecular formula is C42H71NO14. The molecule has 3 heterocycles. The van der Waals surface area contributed by atoms with Gasteiger partial charge in [-0.05, 0) is 72.9 Å². The van der Waals surface area contributed by atoms with E-state index < -0.39 is 104 Å². The van der Waals surface area contributed by atoms with Gasteiger partial charge in [0.25, 0.3) is 0 Å². The van der Waals surface area contributed by atoms with Crippen LogP contribution in [-0.2, 0) is 52.3 Å². The number of nitrogens with zero attached hydrogens (tertiary/aromatic N) is 1. The third-order valence-corrected chi connectivity index (χ3v) is 11.1. The third kappa shape index (κ3) is 13.9. The highest BCUT2D eigenvalue weighted by atomic mass is 16.7. The Labute approximate surface area is 339 Å². The minimum Gasteiger partial charge on any atom is -0.462 e. The van der Waals surface area contributed by atoms with Crippen LogP contribution in [0, 0.1) is 11.8 Å². The highest BCUT2D eigenvalue weighted by Gasteiger charge is 2.53. The second kappa shape index (κ2) is 23.5. The molecule has 57 heavy (non-hydrogen) atoms. The molecule has 10 unspecified atom stereocenters. The number of likely N-dealkylation sites (N-methyl/N-ethyl adjacent to an activating group) is 1. The molecule has 0 saturated carbocycles. The Kier molecular flexibility index (Phi) is 20.2. The van der Waals surface area contributed by atoms with Crippen LogP contribution in [0.15, 0.2) is 24.3 Å². The van der Waals surface area contributed by atoms with Crippen molar-refractivity contribution in [2.24, 2.45) is 11.8 Å². The quantitative estimate of drug-likeness (QED) is 0.170. The van der Waals surface area contributed by atoms with E-state index in [1.54, 1.807) is 51.1 Å². The minimum atomic E-state index is -1.42. The number of allylic oxidation sites excluding steroid dienone is 2. The van der Waals surface area contributed by atoms with Gasteiger partial charge >= 0.3 is 11.9 Å². The second-order valence-corrected chi connectivity index (χ2v) is 16.3. The van der Waals surface area contributed by atoms with Gasteiger partial charge in [-0.1, -0.05) is 45.1 Å². The summed E-state index contributed by atoms with van der Waals surface area (Å²) in [6.45, 7) is 13.4. The number of aliphatic hydroxyl groups is 3. The largest absolute Gasteiger partial charge is 0.462 e. The smallest absolute Gasteiger partial charge is 0.308 e. The topological polar surface area (TPSA) is 189 Å². The van der Waals surface area contributed by atoms with Crippen molar-refractivity contribution < 1.29 is 67.6 Å². The Morgan fingerprint density at radius 3 is 2.35 bits per heavy atom. The molecule has 3 rings (SSSR count). The molecule has 3 N–H and O–H groups in total. The van der Waals surface area contributed by atoms with E-state index in [0.717, 1.165) is 12.7 Å². The predicted octanol–water partition coefficient (Wildman–Crippen LogP) is 3.63. The lowest BCUT2D eigenvalue weighted by Crippen LogP contribution is -2.66. The van der Waals surface area contributed by atoms with Gasteiger partial charge < -0.3 is 62.9 Å². The van der Waals surface area contributed by atoms with Crippen molar-refractivity contribution in [3.63, 3.8) is 0 Å². The van der Waals surface area contributed by atoms with E-state index in [4.69, 9.17) is 37.9 Å². The molecule has 0 aromatic rings. The number of aliphatic hydroxyl groups excluding tert-OH is 3. The summed E-state index contributed by atoms with van der Waals surface area (Å²) < 4.78 is 49.5. The molecule has 0 aromatic heterocycles. The van der Waals surface area contributed by atoms with E-state index in [-0.39, 0.29) is 37.6 Å². The molecule has 328 valence electrons. The molecule has 0 amide bonds. The maximum Gasteiger partial charge on any atom is 0.308 e. The van der Waals surface area contributed by atoms with Crippen LogP contribution >= 0.6 is 0 Å². The molecular weight excluding hydrogens is 742 g/mol. The fourth-order valence-electron chi connectivity index (χ4n) is 8.12. The maximum atomic E-state index is 12.9. The second-order valence-electron chi connectivity index (χ2n) is 16.3. The highest BCUT2D eigenvalue weighted by molar-refractivity contribution is 5.70. The van der Waals surface area contributed by atoms with Crippen LogP contribution in [0.4, 0.5) is 0 Å². The Bertz CT molecular complexity index is 1300. The van der Waals surface area contributed by atoms with Crippen molar-refractivity contribution in [2.45, 2.75) is 185 Å². The Morgan fingerprint density at radius 1 is 1.00 bits per heavy atom. The first kappa shape index (κ1) is 49.1. The Morgan fingerprint density at radius 2 is 1.72 bits per heavy atom. The van der Waals surface area contributed by atoms with Crippen LogP contribution in [0.1, 0.15) is 99.8 Å². The molecule has 2 fully saturated rings. The molecule has 0 bridgehead atoms. The summed E-state index contributed by atoms with van der Waals surface area (Å²) in [5.74, 6) is -1.97. The van der Waals surface area contributed by atoms with Crippen molar-refractivity contribution in [1.29, 1.82) is 0 Å². The van der Waals surface area contributed by atoms with Gasteiger partial charge in [-0.3, -0.25) is 9.59 Å². The number of carbonyl (C=O) groups excluding carboxylic acids is 3. The molecule has 3 aliphatic rings. The van der Waals surface area contributed by atoms with Crippen LogP contribution in [0.3, 0.4) is 0 Å². The average Bonchev–Trinajstić information content (AvgIpc) is 3.13. The van der Waals surface area contributed by atoms with E-state index in [1.807, 2.05) is 40.7 Å². The van der Waals surface area contributed by atoms with E-state index in [1.165, 1.54) is 7.11 Å². The maximum absolute atomic E-state index is 12.9. The Hall–Kier alpha value is -2.31. The van der Waals surface area contributed by atoms with Crippen molar-refractivity contribution in [3.8, 4) is 0 Å². The third-order valence-electron chi connectivity index (χ3n) is 11.1. The van der Waals surface area contributed by atoms with Crippen LogP contribution in [0.5, 0.6) is 0 Å². The number of cyclic esters (lactones) is 1. The summed E-state index contributed by atoms with van der Waals surface area (Å²) in [6.07, 6.45) is -1.32. The fourth-order valence-corrected chi connectivity index (χ4v) is 8.12. The van der Waals surface area contributed by atoms with E-state index in [9.17, 15) is 29.7 Å². The average molecular weight is 814 g/mol. The number of esters is 2. The summed E-state index contributed by atoms with van der Waals surface area (Å²) in [5, 5.41) is 34.6. The molecule has 3 aliphatic heterocycles. The predicted molar refractivity (Wildman–Crippen MR) is 210 cm³/mol. The summed E-state index contributed by atoms with van der Waals surface area (Å²) in [6, 6.07) is -0.711. The molecule has 15 nitrogen and oxygen atoms in total. The summed E-state index contributed by atoms with van der Waals surface area (Å²) in [5.41, 5.74) is -0.923. The highest BCUT2D eigenvalue weighted by Crippen LogP contribution is 2.39. The van der Waals surface area contributed by atoms with Crippen molar-refractivity contribution in [3.05, 3.63) is 24.3 Å². The zero-order valence-electron chi connectivity index (χ0n) is 35.7. The summed E-state index contributed by atoms with van der Waals surface area (Å²) in [7, 11) is 4.96. The normalized spacial score (nSPS) is 41.2. The zero-order chi connectivity index (χ0) is 42.4. The van der Waals surface area contributed by atoms with Crippen LogP contribution in [0.25, 0.3) is 0 Å². The molecule has 0 aromatic carbocycles. The fraction of sp³-hybridized carbons (Fsp3) is 0.833. The molecule has 0 radical (unpaired) electrons. The first-order valence-electron chi connectivity index (χ1n) is 20.6. The van der Waals surface area contributed by atoms with Gasteiger partial charge in [0.05, 0.1) is 43.0 Å². The number of aldehydes is 1. The number of hydrogen-bond donors (Lipinski definition) is 3. The van der Waals surface area contributed by atoms with Crippen LogP contribution in [-0.4, -0.2) is 152 Å². The van der Waals surface area contributed by atoms with Crippen molar-refractivity contribution in [2.75, 3.05) is 27.8 Å². The van der Waals surface area contributed by atoms with Gasteiger partial charge in [-0.2, -0.15) is 0 Å². The number of hydrogen-bond acceptors (Lipinski definition) is 15. The van der Waals surface area contributed by atoms with Crippen LogP contribution in [0.2, 0.25) is 0 Å². The first-order valence-corrected chi connectivity index (χ1v) is 20.6. The van der Waals surface area contributed by atoms with Gasteiger partial charge in [0.15, 0.2) is 18.7 Å². The number of methoxy groups -OCH3 is 1. The number of carbonyl (C=O) groups is 3. The molecule has 15 heteroatoms. The zero-order valence-corrected chi connectivity index (χ0v) is 35.7. The van der Waals surface area contributed by atoms with Gasteiger partial charge in [0, 0.05) is 39.4 Å². The van der Waals surface area contributed by atoms with Crippen LogP contribution < -0.4 is 0 Å². The molecule has 0 aliphatic carbocycles. The summed E-state index contributed by atoms with van der Waals surface area (Å²) in [4.78, 5) is 39.5. The van der Waals surface area contributed by atoms with E-state index in [0.29, 0.717) is 19.4 Å². The SMILES string of the molecule is CCCOC1(C)CC(OC2C(C)OC(O[C@@H]3C(OC)[C@H](O)CC(=O)O[C@H](C)C/C=C/C=C/[C@H](O)[C@H](C)C[C@@H]3CC=O)C(O)C2N(C)C)OC(C)C1OC(=O)CCC. The van der Waals surface area contributed by atoms with E-state index in [2.05, 4.69) is 0 Å². The standard InChI is InChI=1S/C42H71NO14/c1-11-16-32(47)55-40-28(6)53-34(24-42(40,7)51-21-12-2)56-37-27(5)54-41(36(49)35(37)43(8)9)57-38-29(19-20-44)22-25(3)30(45)18-15-13-14-17-26(4)52-33(48)23-31(46)39(38)50-10/h13-15,18,20,25-31,34-41,45-46,49H,11-12,16-17,19,21-24H2,1-10H3/b14-13+,18-15+/t25-,26-,27?,28?,29+,30+,31-,34?,35?,36?,37?,38+,39?,40?,41?,42?/m1/s1. The van der Waals surface area contributed by atoms with Gasteiger partial charge in [0.2, 0.25) is 0 Å². The first-order chi connectivity index (χ1) is 27.0. The lowest BCUT2D eigenvalue weighted by atomic mass is 9.82. The summed E-state index contributed by atoms with van der Waals surface area (Å²) >= 11 is 0. The molecule has 16 atom stereocenters. The monoisotopic (exact) mass is 813 g/mol. The number of ether oxygens (including phenoxy) is 8. The van der Waals surface area contributed by atoms with E-state index >= 15 is 0 Å². The Balaban J connectivity index is 1.94. The molecule has 2 saturated heterocycles.